The number of unbranched alkanes of at least 4 members (excludes halogenated alkanes) is 2. The van der Waals surface area contributed by atoms with Crippen LogP contribution in [0, 0.1) is 0 Å². The molecule has 3 aromatic rings. The smallest absolute Gasteiger partial charge is 0.356 e. The van der Waals surface area contributed by atoms with Crippen molar-refractivity contribution >= 4 is 27.8 Å². The summed E-state index contributed by atoms with van der Waals surface area (Å²) in [7, 11) is 1.40. The minimum absolute atomic E-state index is 0.362. The summed E-state index contributed by atoms with van der Waals surface area (Å²) in [5, 5.41) is 2.23. The third kappa shape index (κ3) is 2.45. The van der Waals surface area contributed by atoms with Crippen molar-refractivity contribution < 1.29 is 9.53 Å². The van der Waals surface area contributed by atoms with Gasteiger partial charge in [0.15, 0.2) is 5.69 Å². The molecule has 0 amide bonds. The number of methoxy groups -OCH3 is 1. The van der Waals surface area contributed by atoms with Crippen LogP contribution in [0.4, 0.5) is 0 Å². The number of nitrogens with zero attached hydrogens (tertiary/aromatic N) is 1. The summed E-state index contributed by atoms with van der Waals surface area (Å²) in [6, 6.07) is 8.15. The van der Waals surface area contributed by atoms with Gasteiger partial charge >= 0.3 is 5.97 Å². The third-order valence-corrected chi connectivity index (χ3v) is 4.05. The fraction of sp³-hybridized carbons (Fsp3) is 0.333. The van der Waals surface area contributed by atoms with Crippen LogP contribution in [0.25, 0.3) is 21.8 Å². The number of esters is 1. The number of carbonyl (C=O) groups is 1. The van der Waals surface area contributed by atoms with E-state index in [9.17, 15) is 4.79 Å². The molecule has 0 radical (unpaired) electrons. The number of hydrogen-bond acceptors (Lipinski definition) is 3. The number of ether oxygens (including phenoxy) is 1. The van der Waals surface area contributed by atoms with Crippen LogP contribution >= 0.6 is 0 Å². The molecule has 0 unspecified atom stereocenters. The second-order valence-electron chi connectivity index (χ2n) is 5.49. The number of aryl methyl sites for hydroxylation is 1. The number of fused-ring (bicyclic) bond motifs is 3. The summed E-state index contributed by atoms with van der Waals surface area (Å²) in [6.07, 6.45) is 5.89. The molecule has 2 heterocycles. The molecule has 0 fully saturated rings. The van der Waals surface area contributed by atoms with Gasteiger partial charge in [0.2, 0.25) is 0 Å². The lowest BCUT2D eigenvalue weighted by atomic mass is 9.99. The van der Waals surface area contributed by atoms with Crippen LogP contribution in [0.3, 0.4) is 0 Å². The van der Waals surface area contributed by atoms with Crippen molar-refractivity contribution in [3.63, 3.8) is 0 Å². The molecule has 22 heavy (non-hydrogen) atoms. The summed E-state index contributed by atoms with van der Waals surface area (Å²) in [6.45, 7) is 2.17. The summed E-state index contributed by atoms with van der Waals surface area (Å²) < 4.78 is 4.91. The predicted octanol–water partition coefficient (Wildman–Crippen LogP) is 4.24. The molecule has 0 saturated carbocycles. The Hall–Kier alpha value is -2.36. The Morgan fingerprint density at radius 2 is 2.05 bits per heavy atom. The summed E-state index contributed by atoms with van der Waals surface area (Å²) in [5.74, 6) is -0.362. The first kappa shape index (κ1) is 14.6. The van der Waals surface area contributed by atoms with Crippen LogP contribution in [-0.4, -0.2) is 23.0 Å². The van der Waals surface area contributed by atoms with Gasteiger partial charge in [0.1, 0.15) is 0 Å². The van der Waals surface area contributed by atoms with Gasteiger partial charge in [0.25, 0.3) is 0 Å². The van der Waals surface area contributed by atoms with Crippen LogP contribution in [-0.2, 0) is 11.2 Å². The maximum Gasteiger partial charge on any atom is 0.356 e. The highest BCUT2D eigenvalue weighted by atomic mass is 16.5. The zero-order valence-electron chi connectivity index (χ0n) is 13.0. The van der Waals surface area contributed by atoms with E-state index in [1.807, 2.05) is 18.2 Å². The number of pyridine rings is 1. The van der Waals surface area contributed by atoms with Crippen LogP contribution < -0.4 is 0 Å². The lowest BCUT2D eigenvalue weighted by Crippen LogP contribution is -2.09. The fourth-order valence-corrected chi connectivity index (χ4v) is 2.98. The molecular formula is C18H20N2O2. The monoisotopic (exact) mass is 296 g/mol. The zero-order chi connectivity index (χ0) is 15.5. The van der Waals surface area contributed by atoms with Gasteiger partial charge < -0.3 is 9.72 Å². The van der Waals surface area contributed by atoms with Crippen LogP contribution in [0.2, 0.25) is 0 Å². The van der Waals surface area contributed by atoms with Crippen LogP contribution in [0.5, 0.6) is 0 Å². The van der Waals surface area contributed by atoms with Crippen molar-refractivity contribution in [1.29, 1.82) is 0 Å². The quantitative estimate of drug-likeness (QED) is 0.566. The van der Waals surface area contributed by atoms with Crippen LogP contribution in [0.15, 0.2) is 30.5 Å². The molecule has 2 aromatic heterocycles. The molecule has 4 heteroatoms. The van der Waals surface area contributed by atoms with Gasteiger partial charge in [-0.15, -0.1) is 0 Å². The van der Waals surface area contributed by atoms with Gasteiger partial charge in [-0.1, -0.05) is 38.0 Å². The first-order chi connectivity index (χ1) is 10.8. The summed E-state index contributed by atoms with van der Waals surface area (Å²) in [5.41, 5.74) is 3.48. The predicted molar refractivity (Wildman–Crippen MR) is 88.2 cm³/mol. The van der Waals surface area contributed by atoms with Gasteiger partial charge in [-0.3, -0.25) is 0 Å². The van der Waals surface area contributed by atoms with Crippen molar-refractivity contribution in [1.82, 2.24) is 9.97 Å². The number of rotatable bonds is 5. The Kier molecular flexibility index (Phi) is 4.09. The molecule has 0 aliphatic heterocycles. The fourth-order valence-electron chi connectivity index (χ4n) is 2.98. The van der Waals surface area contributed by atoms with Gasteiger partial charge in [-0.25, -0.2) is 9.78 Å². The Morgan fingerprint density at radius 3 is 2.82 bits per heavy atom. The Balaban J connectivity index is 2.24. The number of carbonyl (C=O) groups excluding carboxylic acids is 1. The van der Waals surface area contributed by atoms with Crippen molar-refractivity contribution in [2.75, 3.05) is 7.11 Å². The number of H-pyrrole nitrogens is 1. The molecule has 1 N–H and O–H groups in total. The van der Waals surface area contributed by atoms with E-state index in [2.05, 4.69) is 23.0 Å². The summed E-state index contributed by atoms with van der Waals surface area (Å²) >= 11 is 0. The molecule has 1 aromatic carbocycles. The van der Waals surface area contributed by atoms with Crippen molar-refractivity contribution in [3.05, 3.63) is 41.7 Å². The molecule has 3 rings (SSSR count). The minimum Gasteiger partial charge on any atom is -0.464 e. The Bertz CT molecular complexity index is 820. The SMILES string of the molecule is CCCCCc1c(C(=O)OC)ncc2[nH]c3ccccc3c12. The Morgan fingerprint density at radius 1 is 1.23 bits per heavy atom. The first-order valence-electron chi connectivity index (χ1n) is 7.72. The molecule has 0 bridgehead atoms. The van der Waals surface area contributed by atoms with E-state index < -0.39 is 0 Å². The van der Waals surface area contributed by atoms with Crippen LogP contribution in [0.1, 0.15) is 42.2 Å². The number of hydrogen-bond donors (Lipinski definition) is 1. The number of nitrogens with one attached hydrogen (secondary N) is 1. The third-order valence-electron chi connectivity index (χ3n) is 4.05. The van der Waals surface area contributed by atoms with E-state index in [1.165, 1.54) is 7.11 Å². The van der Waals surface area contributed by atoms with E-state index in [1.54, 1.807) is 6.20 Å². The highest BCUT2D eigenvalue weighted by Crippen LogP contribution is 2.30. The molecule has 4 nitrogen and oxygen atoms in total. The molecule has 0 aliphatic rings. The van der Waals surface area contributed by atoms with E-state index in [0.29, 0.717) is 5.69 Å². The Labute approximate surface area is 129 Å². The van der Waals surface area contributed by atoms with E-state index in [0.717, 1.165) is 53.1 Å². The first-order valence-corrected chi connectivity index (χ1v) is 7.72. The molecule has 0 spiro atoms. The average Bonchev–Trinajstić information content (AvgIpc) is 2.93. The maximum atomic E-state index is 12.1. The zero-order valence-corrected chi connectivity index (χ0v) is 13.0. The molecular weight excluding hydrogens is 276 g/mol. The number of benzene rings is 1. The molecule has 0 atom stereocenters. The lowest BCUT2D eigenvalue weighted by Gasteiger charge is -2.09. The minimum atomic E-state index is -0.362. The van der Waals surface area contributed by atoms with Crippen molar-refractivity contribution in [3.8, 4) is 0 Å². The standard InChI is InChI=1S/C18H20N2O2/c1-3-4-5-9-13-16-12-8-6-7-10-14(12)20-15(16)11-19-17(13)18(21)22-2/h6-8,10-11,20H,3-5,9H2,1-2H3. The second-order valence-corrected chi connectivity index (χ2v) is 5.49. The highest BCUT2D eigenvalue weighted by molar-refractivity contribution is 6.11. The van der Waals surface area contributed by atoms with E-state index in [4.69, 9.17) is 4.74 Å². The molecule has 114 valence electrons. The largest absolute Gasteiger partial charge is 0.464 e. The summed E-state index contributed by atoms with van der Waals surface area (Å²) in [4.78, 5) is 19.8. The van der Waals surface area contributed by atoms with Crippen molar-refractivity contribution in [2.45, 2.75) is 32.6 Å². The van der Waals surface area contributed by atoms with E-state index in [-0.39, 0.29) is 5.97 Å². The topological polar surface area (TPSA) is 55.0 Å². The molecule has 0 saturated heterocycles. The highest BCUT2D eigenvalue weighted by Gasteiger charge is 2.19. The van der Waals surface area contributed by atoms with Gasteiger partial charge in [0, 0.05) is 16.3 Å². The maximum absolute atomic E-state index is 12.1. The van der Waals surface area contributed by atoms with Crippen molar-refractivity contribution in [2.24, 2.45) is 0 Å². The number of aromatic amines is 1. The van der Waals surface area contributed by atoms with Gasteiger partial charge in [-0.05, 0) is 24.5 Å². The van der Waals surface area contributed by atoms with E-state index >= 15 is 0 Å². The van der Waals surface area contributed by atoms with Gasteiger partial charge in [0.05, 0.1) is 18.8 Å². The lowest BCUT2D eigenvalue weighted by molar-refractivity contribution is 0.0593. The second kappa shape index (κ2) is 6.18. The normalized spacial score (nSPS) is 11.2. The number of para-hydroxylation sites is 1. The number of aromatic nitrogens is 2. The average molecular weight is 296 g/mol. The van der Waals surface area contributed by atoms with Gasteiger partial charge in [-0.2, -0.15) is 0 Å². The molecule has 0 aliphatic carbocycles.